The highest BCUT2D eigenvalue weighted by Crippen LogP contribution is 2.13. The van der Waals surface area contributed by atoms with E-state index in [9.17, 15) is 24.9 Å². The predicted molar refractivity (Wildman–Crippen MR) is 104 cm³/mol. The van der Waals surface area contributed by atoms with Gasteiger partial charge in [0.1, 0.15) is 17.5 Å². The van der Waals surface area contributed by atoms with E-state index in [-0.39, 0.29) is 24.3 Å². The summed E-state index contributed by atoms with van der Waals surface area (Å²) in [6.45, 7) is 1.08. The zero-order valence-corrected chi connectivity index (χ0v) is 15.8. The fourth-order valence-corrected chi connectivity index (χ4v) is 2.33. The second kappa shape index (κ2) is 11.3. The maximum atomic E-state index is 12.2. The Kier molecular flexibility index (Phi) is 9.14. The highest BCUT2D eigenvalue weighted by Gasteiger charge is 2.23. The normalized spacial score (nSPS) is 12.1. The van der Waals surface area contributed by atoms with Gasteiger partial charge in [-0.25, -0.2) is 4.79 Å². The first kappa shape index (κ1) is 23.4. The van der Waals surface area contributed by atoms with Crippen LogP contribution in [-0.4, -0.2) is 50.4 Å². The summed E-state index contributed by atoms with van der Waals surface area (Å²) in [7, 11) is 0. The molecule has 9 heteroatoms. The predicted octanol–water partition coefficient (Wildman–Crippen LogP) is 0.871. The van der Waals surface area contributed by atoms with E-state index in [2.05, 4.69) is 5.32 Å². The number of hydrogen-bond acceptors (Lipinski definition) is 6. The minimum Gasteiger partial charge on any atom is -0.508 e. The van der Waals surface area contributed by atoms with Gasteiger partial charge in [0.2, 0.25) is 5.91 Å². The van der Waals surface area contributed by atoms with Gasteiger partial charge in [-0.15, -0.1) is 0 Å². The number of hydrogen-bond donors (Lipinski definition) is 6. The molecule has 2 atom stereocenters. The topological polar surface area (TPSA) is 170 Å². The molecule has 9 nitrogen and oxygen atoms in total. The van der Waals surface area contributed by atoms with E-state index in [4.69, 9.17) is 15.6 Å². The number of aliphatic carboxylic acids is 2. The minimum absolute atomic E-state index is 0.0767. The maximum absolute atomic E-state index is 12.2. The fourth-order valence-electron chi connectivity index (χ4n) is 2.33. The number of rotatable bonds is 7. The molecule has 1 amide bonds. The van der Waals surface area contributed by atoms with Crippen molar-refractivity contribution in [3.63, 3.8) is 0 Å². The molecule has 0 aromatic heterocycles. The highest BCUT2D eigenvalue weighted by molar-refractivity contribution is 5.87. The van der Waals surface area contributed by atoms with Crippen molar-refractivity contribution >= 4 is 17.8 Å². The molecule has 29 heavy (non-hydrogen) atoms. The van der Waals surface area contributed by atoms with Gasteiger partial charge in [0, 0.05) is 13.3 Å². The van der Waals surface area contributed by atoms with Crippen LogP contribution in [0.1, 0.15) is 18.1 Å². The number of nitrogens with two attached hydrogens (primary N) is 1. The van der Waals surface area contributed by atoms with Gasteiger partial charge >= 0.3 is 5.97 Å². The second-order valence-corrected chi connectivity index (χ2v) is 6.27. The number of carbonyl (C=O) groups is 3. The Bertz CT molecular complexity index is 816. The summed E-state index contributed by atoms with van der Waals surface area (Å²) in [6.07, 6.45) is 0.297. The summed E-state index contributed by atoms with van der Waals surface area (Å²) in [6, 6.07) is 10.3. The molecule has 0 fully saturated rings. The Morgan fingerprint density at radius 1 is 0.862 bits per heavy atom. The SMILES string of the molecule is CC(=O)O.N[C@@H](Cc1ccc(O)cc1)C(=O)N[C@@H](Cc1ccc(O)cc1)C(=O)O. The van der Waals surface area contributed by atoms with Gasteiger partial charge in [0.25, 0.3) is 5.97 Å². The van der Waals surface area contributed by atoms with Crippen molar-refractivity contribution in [2.45, 2.75) is 31.8 Å². The molecule has 2 aromatic rings. The summed E-state index contributed by atoms with van der Waals surface area (Å²) in [5, 5.41) is 37.7. The summed E-state index contributed by atoms with van der Waals surface area (Å²) >= 11 is 0. The van der Waals surface area contributed by atoms with Crippen LogP contribution in [0.15, 0.2) is 48.5 Å². The van der Waals surface area contributed by atoms with Crippen LogP contribution < -0.4 is 11.1 Å². The number of carboxylic acids is 2. The Morgan fingerprint density at radius 2 is 1.24 bits per heavy atom. The number of nitrogens with one attached hydrogen (secondary N) is 1. The van der Waals surface area contributed by atoms with Crippen molar-refractivity contribution in [3.8, 4) is 11.5 Å². The summed E-state index contributed by atoms with van der Waals surface area (Å²) < 4.78 is 0. The molecule has 0 unspecified atom stereocenters. The van der Waals surface area contributed by atoms with Crippen LogP contribution in [0, 0.1) is 0 Å². The first-order valence-electron chi connectivity index (χ1n) is 8.62. The molecule has 0 heterocycles. The second-order valence-electron chi connectivity index (χ2n) is 6.27. The summed E-state index contributed by atoms with van der Waals surface area (Å²) in [4.78, 5) is 32.6. The maximum Gasteiger partial charge on any atom is 0.326 e. The van der Waals surface area contributed by atoms with Gasteiger partial charge in [0.15, 0.2) is 0 Å². The zero-order valence-electron chi connectivity index (χ0n) is 15.8. The highest BCUT2D eigenvalue weighted by atomic mass is 16.4. The van der Waals surface area contributed by atoms with Crippen LogP contribution in [-0.2, 0) is 27.2 Å². The van der Waals surface area contributed by atoms with Gasteiger partial charge in [-0.1, -0.05) is 24.3 Å². The Balaban J connectivity index is 0.000000960. The van der Waals surface area contributed by atoms with E-state index < -0.39 is 29.9 Å². The van der Waals surface area contributed by atoms with E-state index in [0.29, 0.717) is 5.56 Å². The van der Waals surface area contributed by atoms with Gasteiger partial charge in [0.05, 0.1) is 6.04 Å². The number of phenolic OH excluding ortho intramolecular Hbond substituents is 2. The van der Waals surface area contributed by atoms with Crippen LogP contribution >= 0.6 is 0 Å². The van der Waals surface area contributed by atoms with Crippen LogP contribution in [0.2, 0.25) is 0 Å². The van der Waals surface area contributed by atoms with E-state index in [0.717, 1.165) is 12.5 Å². The van der Waals surface area contributed by atoms with Gasteiger partial charge in [-0.05, 0) is 41.8 Å². The first-order chi connectivity index (χ1) is 13.6. The average molecular weight is 404 g/mol. The number of amides is 1. The van der Waals surface area contributed by atoms with E-state index >= 15 is 0 Å². The molecule has 2 rings (SSSR count). The third kappa shape index (κ3) is 9.25. The Hall–Kier alpha value is -3.59. The number of phenols is 2. The Morgan fingerprint density at radius 3 is 1.62 bits per heavy atom. The van der Waals surface area contributed by atoms with Crippen molar-refractivity contribution in [1.82, 2.24) is 5.32 Å². The molecule has 0 radical (unpaired) electrons. The van der Waals surface area contributed by atoms with Crippen LogP contribution in [0.3, 0.4) is 0 Å². The van der Waals surface area contributed by atoms with Crippen molar-refractivity contribution in [3.05, 3.63) is 59.7 Å². The van der Waals surface area contributed by atoms with Crippen LogP contribution in [0.25, 0.3) is 0 Å². The molecular formula is C20H24N2O7. The van der Waals surface area contributed by atoms with E-state index in [1.165, 1.54) is 24.3 Å². The van der Waals surface area contributed by atoms with Crippen molar-refractivity contribution < 1.29 is 34.8 Å². The molecule has 0 bridgehead atoms. The summed E-state index contributed by atoms with van der Waals surface area (Å²) in [5.74, 6) is -2.38. The van der Waals surface area contributed by atoms with Gasteiger partial charge < -0.3 is 31.5 Å². The van der Waals surface area contributed by atoms with Crippen molar-refractivity contribution in [2.75, 3.05) is 0 Å². The molecule has 0 aliphatic rings. The lowest BCUT2D eigenvalue weighted by Gasteiger charge is -2.18. The molecule has 7 N–H and O–H groups in total. The number of aromatic hydroxyl groups is 2. The quantitative estimate of drug-likeness (QED) is 0.395. The monoisotopic (exact) mass is 404 g/mol. The van der Waals surface area contributed by atoms with Gasteiger partial charge in [-0.2, -0.15) is 0 Å². The lowest BCUT2D eigenvalue weighted by atomic mass is 10.0. The lowest BCUT2D eigenvalue weighted by Crippen LogP contribution is -2.50. The smallest absolute Gasteiger partial charge is 0.326 e. The molecule has 0 saturated carbocycles. The average Bonchev–Trinajstić information content (AvgIpc) is 2.64. The number of carboxylic acid groups (broad SMARTS) is 2. The minimum atomic E-state index is -1.17. The molecule has 0 aliphatic carbocycles. The molecule has 0 saturated heterocycles. The van der Waals surface area contributed by atoms with Gasteiger partial charge in [-0.3, -0.25) is 9.59 Å². The van der Waals surface area contributed by atoms with E-state index in [1.807, 2.05) is 0 Å². The van der Waals surface area contributed by atoms with Crippen molar-refractivity contribution in [2.24, 2.45) is 5.73 Å². The largest absolute Gasteiger partial charge is 0.508 e. The molecular weight excluding hydrogens is 380 g/mol. The van der Waals surface area contributed by atoms with Crippen LogP contribution in [0.4, 0.5) is 0 Å². The zero-order chi connectivity index (χ0) is 22.0. The molecule has 0 aliphatic heterocycles. The summed E-state index contributed by atoms with van der Waals surface area (Å²) in [5.41, 5.74) is 7.27. The molecule has 2 aromatic carbocycles. The third-order valence-electron chi connectivity index (χ3n) is 3.72. The van der Waals surface area contributed by atoms with E-state index in [1.54, 1.807) is 24.3 Å². The molecule has 156 valence electrons. The fraction of sp³-hybridized carbons (Fsp3) is 0.250. The van der Waals surface area contributed by atoms with Crippen molar-refractivity contribution in [1.29, 1.82) is 0 Å². The first-order valence-corrected chi connectivity index (χ1v) is 8.62. The number of benzene rings is 2. The third-order valence-corrected chi connectivity index (χ3v) is 3.72. The number of carbonyl (C=O) groups excluding carboxylic acids is 1. The lowest BCUT2D eigenvalue weighted by molar-refractivity contribution is -0.142. The molecule has 0 spiro atoms. The Labute approximate surface area is 167 Å². The van der Waals surface area contributed by atoms with Crippen LogP contribution in [0.5, 0.6) is 11.5 Å². The standard InChI is InChI=1S/C18H20N2O5.C2H4O2/c19-15(9-11-1-5-13(21)6-2-11)17(23)20-16(18(24)25)10-12-3-7-14(22)8-4-12;1-2(3)4/h1-8,15-16,21-22H,9-10,19H2,(H,20,23)(H,24,25);1H3,(H,3,4)/t15-,16-;/m0./s1.